The van der Waals surface area contributed by atoms with E-state index in [-0.39, 0.29) is 6.67 Å². The maximum Gasteiger partial charge on any atom is 0.107 e. The summed E-state index contributed by atoms with van der Waals surface area (Å²) in [5, 5.41) is 0. The molecule has 1 heterocycles. The number of H-pyrrole nitrogens is 1. The first kappa shape index (κ1) is 8.23. The predicted octanol–water partition coefficient (Wildman–Crippen LogP) is 2.46. The number of fused-ring (bicyclic) bond motifs is 1. The van der Waals surface area contributed by atoms with E-state index >= 15 is 0 Å². The molecule has 0 bridgehead atoms. The number of aromatic nitrogens is 2. The van der Waals surface area contributed by atoms with Crippen molar-refractivity contribution >= 4 is 11.0 Å². The smallest absolute Gasteiger partial charge is 0.107 e. The molecule has 0 saturated carbocycles. The van der Waals surface area contributed by atoms with Gasteiger partial charge >= 0.3 is 0 Å². The highest BCUT2D eigenvalue weighted by atomic mass is 19.1. The highest BCUT2D eigenvalue weighted by Gasteiger charge is 2.00. The molecule has 13 heavy (non-hydrogen) atoms. The lowest BCUT2D eigenvalue weighted by molar-refractivity contribution is 0.470. The molecule has 1 aromatic heterocycles. The molecule has 0 fully saturated rings. The second kappa shape index (κ2) is 3.56. The molecule has 0 atom stereocenters. The number of benzene rings is 1. The molecule has 0 radical (unpaired) electrons. The van der Waals surface area contributed by atoms with Gasteiger partial charge < -0.3 is 4.98 Å². The van der Waals surface area contributed by atoms with Crippen molar-refractivity contribution < 1.29 is 4.39 Å². The van der Waals surface area contributed by atoms with E-state index in [0.717, 1.165) is 16.9 Å². The van der Waals surface area contributed by atoms with E-state index in [2.05, 4.69) is 9.97 Å². The van der Waals surface area contributed by atoms with Crippen molar-refractivity contribution in [2.24, 2.45) is 0 Å². The van der Waals surface area contributed by atoms with Crippen LogP contribution in [0, 0.1) is 0 Å². The average molecular weight is 178 g/mol. The Hall–Kier alpha value is -1.38. The number of rotatable bonds is 3. The van der Waals surface area contributed by atoms with Crippen molar-refractivity contribution in [3.8, 4) is 0 Å². The normalized spacial score (nSPS) is 10.8. The van der Waals surface area contributed by atoms with Crippen LogP contribution in [0.25, 0.3) is 11.0 Å². The lowest BCUT2D eigenvalue weighted by Gasteiger charge is -1.89. The Bertz CT molecular complexity index is 361. The molecule has 0 aliphatic carbocycles. The van der Waals surface area contributed by atoms with Crippen LogP contribution in [-0.2, 0) is 6.42 Å². The fourth-order valence-electron chi connectivity index (χ4n) is 1.36. The summed E-state index contributed by atoms with van der Waals surface area (Å²) < 4.78 is 11.9. The van der Waals surface area contributed by atoms with Gasteiger partial charge in [0.05, 0.1) is 17.7 Å². The van der Waals surface area contributed by atoms with Crippen LogP contribution in [0.1, 0.15) is 12.2 Å². The molecule has 1 aromatic carbocycles. The first-order valence-electron chi connectivity index (χ1n) is 4.40. The number of imidazole rings is 1. The molecular weight excluding hydrogens is 167 g/mol. The van der Waals surface area contributed by atoms with Gasteiger partial charge in [-0.25, -0.2) is 4.98 Å². The van der Waals surface area contributed by atoms with Crippen molar-refractivity contribution in [1.29, 1.82) is 0 Å². The molecule has 68 valence electrons. The van der Waals surface area contributed by atoms with Crippen molar-refractivity contribution in [3.63, 3.8) is 0 Å². The van der Waals surface area contributed by atoms with E-state index < -0.39 is 0 Å². The molecular formula is C10H11FN2. The molecule has 0 aliphatic rings. The SMILES string of the molecule is FCCCc1nc2ccccc2[nH]1. The van der Waals surface area contributed by atoms with Gasteiger partial charge in [-0.05, 0) is 18.6 Å². The summed E-state index contributed by atoms with van der Waals surface area (Å²) in [5.74, 6) is 0.874. The van der Waals surface area contributed by atoms with Gasteiger partial charge in [-0.1, -0.05) is 12.1 Å². The number of aromatic amines is 1. The van der Waals surface area contributed by atoms with Gasteiger partial charge in [0.15, 0.2) is 0 Å². The predicted molar refractivity (Wildman–Crippen MR) is 50.4 cm³/mol. The molecule has 2 rings (SSSR count). The van der Waals surface area contributed by atoms with Crippen LogP contribution in [0.5, 0.6) is 0 Å². The molecule has 2 nitrogen and oxygen atoms in total. The van der Waals surface area contributed by atoms with E-state index in [1.165, 1.54) is 0 Å². The fraction of sp³-hybridized carbons (Fsp3) is 0.300. The first-order chi connectivity index (χ1) is 6.40. The third kappa shape index (κ3) is 1.69. The minimum Gasteiger partial charge on any atom is -0.342 e. The van der Waals surface area contributed by atoms with Crippen LogP contribution >= 0.6 is 0 Å². The first-order valence-corrected chi connectivity index (χ1v) is 4.40. The van der Waals surface area contributed by atoms with E-state index in [1.807, 2.05) is 24.3 Å². The number of nitrogens with zero attached hydrogens (tertiary/aromatic N) is 1. The zero-order chi connectivity index (χ0) is 9.10. The van der Waals surface area contributed by atoms with E-state index in [9.17, 15) is 4.39 Å². The van der Waals surface area contributed by atoms with Crippen LogP contribution in [0.2, 0.25) is 0 Å². The number of hydrogen-bond acceptors (Lipinski definition) is 1. The Morgan fingerprint density at radius 3 is 2.92 bits per heavy atom. The Balaban J connectivity index is 2.28. The van der Waals surface area contributed by atoms with Gasteiger partial charge in [-0.2, -0.15) is 0 Å². The number of aryl methyl sites for hydroxylation is 1. The zero-order valence-corrected chi connectivity index (χ0v) is 7.26. The van der Waals surface area contributed by atoms with Gasteiger partial charge in [0, 0.05) is 6.42 Å². The Morgan fingerprint density at radius 1 is 1.31 bits per heavy atom. The number of alkyl halides is 1. The van der Waals surface area contributed by atoms with Crippen molar-refractivity contribution in [2.75, 3.05) is 6.67 Å². The summed E-state index contributed by atoms with van der Waals surface area (Å²) >= 11 is 0. The van der Waals surface area contributed by atoms with Crippen LogP contribution in [0.3, 0.4) is 0 Å². The van der Waals surface area contributed by atoms with Crippen LogP contribution in [-0.4, -0.2) is 16.6 Å². The monoisotopic (exact) mass is 178 g/mol. The third-order valence-electron chi connectivity index (χ3n) is 1.99. The zero-order valence-electron chi connectivity index (χ0n) is 7.26. The molecule has 0 saturated heterocycles. The van der Waals surface area contributed by atoms with Gasteiger partial charge in [-0.15, -0.1) is 0 Å². The maximum atomic E-state index is 11.9. The number of hydrogen-bond donors (Lipinski definition) is 1. The Kier molecular flexibility index (Phi) is 2.25. The summed E-state index contributed by atoms with van der Waals surface area (Å²) in [4.78, 5) is 7.48. The van der Waals surface area contributed by atoms with Crippen molar-refractivity contribution in [2.45, 2.75) is 12.8 Å². The van der Waals surface area contributed by atoms with Gasteiger partial charge in [0.25, 0.3) is 0 Å². The summed E-state index contributed by atoms with van der Waals surface area (Å²) in [6.45, 7) is -0.281. The summed E-state index contributed by atoms with van der Waals surface area (Å²) in [7, 11) is 0. The minimum absolute atomic E-state index is 0.281. The van der Waals surface area contributed by atoms with Crippen LogP contribution in [0.15, 0.2) is 24.3 Å². The second-order valence-corrected chi connectivity index (χ2v) is 2.99. The lowest BCUT2D eigenvalue weighted by Crippen LogP contribution is -1.88. The molecule has 0 aliphatic heterocycles. The molecule has 3 heteroatoms. The Labute approximate surface area is 75.8 Å². The number of nitrogens with one attached hydrogen (secondary N) is 1. The standard InChI is InChI=1S/C10H11FN2/c11-7-3-6-10-12-8-4-1-2-5-9(8)13-10/h1-2,4-5H,3,6-7H2,(H,12,13). The Morgan fingerprint density at radius 2 is 2.15 bits per heavy atom. The lowest BCUT2D eigenvalue weighted by atomic mass is 10.3. The van der Waals surface area contributed by atoms with E-state index in [1.54, 1.807) is 0 Å². The summed E-state index contributed by atoms with van der Waals surface area (Å²) in [5.41, 5.74) is 1.98. The number of halogens is 1. The fourth-order valence-corrected chi connectivity index (χ4v) is 1.36. The highest BCUT2D eigenvalue weighted by Crippen LogP contribution is 2.11. The van der Waals surface area contributed by atoms with E-state index in [0.29, 0.717) is 12.8 Å². The summed E-state index contributed by atoms with van der Waals surface area (Å²) in [6, 6.07) is 7.83. The van der Waals surface area contributed by atoms with Gasteiger partial charge in [-0.3, -0.25) is 4.39 Å². The second-order valence-electron chi connectivity index (χ2n) is 2.99. The molecule has 1 N–H and O–H groups in total. The van der Waals surface area contributed by atoms with Gasteiger partial charge in [0.1, 0.15) is 5.82 Å². The number of para-hydroxylation sites is 2. The van der Waals surface area contributed by atoms with Crippen LogP contribution < -0.4 is 0 Å². The molecule has 0 amide bonds. The van der Waals surface area contributed by atoms with Crippen molar-refractivity contribution in [1.82, 2.24) is 9.97 Å². The highest BCUT2D eigenvalue weighted by molar-refractivity contribution is 5.74. The van der Waals surface area contributed by atoms with E-state index in [4.69, 9.17) is 0 Å². The molecule has 2 aromatic rings. The molecule has 0 spiro atoms. The largest absolute Gasteiger partial charge is 0.342 e. The quantitative estimate of drug-likeness (QED) is 0.768. The average Bonchev–Trinajstić information content (AvgIpc) is 2.57. The minimum atomic E-state index is -0.281. The van der Waals surface area contributed by atoms with Gasteiger partial charge in [0.2, 0.25) is 0 Å². The summed E-state index contributed by atoms with van der Waals surface area (Å²) in [6.07, 6.45) is 1.23. The third-order valence-corrected chi connectivity index (χ3v) is 1.99. The topological polar surface area (TPSA) is 28.7 Å². The van der Waals surface area contributed by atoms with Crippen molar-refractivity contribution in [3.05, 3.63) is 30.1 Å². The van der Waals surface area contributed by atoms with Crippen LogP contribution in [0.4, 0.5) is 4.39 Å². The maximum absolute atomic E-state index is 11.9. The molecule has 0 unspecified atom stereocenters.